The first kappa shape index (κ1) is 18.4. The second-order valence-electron chi connectivity index (χ2n) is 5.63. The lowest BCUT2D eigenvalue weighted by Crippen LogP contribution is -2.55. The molecule has 0 saturated heterocycles. The van der Waals surface area contributed by atoms with Crippen LogP contribution in [0.25, 0.3) is 0 Å². The number of nitrogens with two attached hydrogens (primary N) is 1. The Morgan fingerprint density at radius 1 is 1.21 bits per heavy atom. The minimum atomic E-state index is -0.661. The van der Waals surface area contributed by atoms with Gasteiger partial charge in [-0.25, -0.2) is 0 Å². The predicted molar refractivity (Wildman–Crippen MR) is 77.0 cm³/mol. The fourth-order valence-corrected chi connectivity index (χ4v) is 1.88. The van der Waals surface area contributed by atoms with E-state index in [4.69, 9.17) is 15.2 Å². The second kappa shape index (κ2) is 9.28. The largest absolute Gasteiger partial charge is 0.379 e. The lowest BCUT2D eigenvalue weighted by molar-refractivity contribution is -0.124. The maximum Gasteiger partial charge on any atom is 0.237 e. The van der Waals surface area contributed by atoms with Crippen LogP contribution >= 0.6 is 0 Å². The fraction of sp³-hybridized carbons (Fsp3) is 0.929. The number of hydrogen-bond acceptors (Lipinski definition) is 4. The molecule has 0 aliphatic heterocycles. The molecule has 1 unspecified atom stereocenters. The predicted octanol–water partition coefficient (Wildman–Crippen LogP) is 1.45. The zero-order valence-electron chi connectivity index (χ0n) is 13.0. The Balaban J connectivity index is 3.80. The molecular formula is C14H30N2O3. The molecule has 0 rings (SSSR count). The summed E-state index contributed by atoms with van der Waals surface area (Å²) < 4.78 is 10.8. The third-order valence-corrected chi connectivity index (χ3v) is 2.80. The summed E-state index contributed by atoms with van der Waals surface area (Å²) in [6.45, 7) is 11.6. The Hall–Kier alpha value is -0.650. The van der Waals surface area contributed by atoms with Crippen LogP contribution in [0.4, 0.5) is 0 Å². The first-order chi connectivity index (χ1) is 8.78. The highest BCUT2D eigenvalue weighted by Gasteiger charge is 2.30. The molecule has 0 spiro atoms. The van der Waals surface area contributed by atoms with Crippen LogP contribution in [0.2, 0.25) is 0 Å². The summed E-state index contributed by atoms with van der Waals surface area (Å²) in [5.74, 6) is -0.315. The van der Waals surface area contributed by atoms with Crippen molar-refractivity contribution in [2.45, 2.75) is 65.1 Å². The van der Waals surface area contributed by atoms with Crippen molar-refractivity contribution < 1.29 is 14.3 Å². The molecule has 19 heavy (non-hydrogen) atoms. The fourth-order valence-electron chi connectivity index (χ4n) is 1.88. The molecule has 1 atom stereocenters. The summed E-state index contributed by atoms with van der Waals surface area (Å²) in [6.07, 6.45) is 1.70. The van der Waals surface area contributed by atoms with Crippen molar-refractivity contribution in [2.75, 3.05) is 19.8 Å². The monoisotopic (exact) mass is 274 g/mol. The van der Waals surface area contributed by atoms with Gasteiger partial charge in [-0.05, 0) is 47.5 Å². The zero-order chi connectivity index (χ0) is 14.9. The van der Waals surface area contributed by atoms with Crippen molar-refractivity contribution in [2.24, 2.45) is 5.73 Å². The van der Waals surface area contributed by atoms with Gasteiger partial charge in [0.25, 0.3) is 0 Å². The summed E-state index contributed by atoms with van der Waals surface area (Å²) in [6, 6.07) is 0.220. The van der Waals surface area contributed by atoms with Gasteiger partial charge >= 0.3 is 0 Å². The van der Waals surface area contributed by atoms with Crippen molar-refractivity contribution in [1.82, 2.24) is 5.32 Å². The molecule has 0 saturated carbocycles. The molecule has 5 heteroatoms. The highest BCUT2D eigenvalue weighted by Crippen LogP contribution is 2.13. The molecule has 1 amide bonds. The van der Waals surface area contributed by atoms with Crippen molar-refractivity contribution in [3.05, 3.63) is 0 Å². The summed E-state index contributed by atoms with van der Waals surface area (Å²) >= 11 is 0. The maximum absolute atomic E-state index is 11.5. The molecule has 0 aliphatic carbocycles. The van der Waals surface area contributed by atoms with E-state index in [2.05, 4.69) is 5.32 Å². The molecule has 0 aromatic heterocycles. The molecule has 114 valence electrons. The Morgan fingerprint density at radius 3 is 2.32 bits per heavy atom. The van der Waals surface area contributed by atoms with E-state index >= 15 is 0 Å². The van der Waals surface area contributed by atoms with E-state index in [1.54, 1.807) is 0 Å². The first-order valence-corrected chi connectivity index (χ1v) is 7.05. The molecular weight excluding hydrogens is 244 g/mol. The van der Waals surface area contributed by atoms with E-state index in [0.29, 0.717) is 26.2 Å². The Bertz CT molecular complexity index is 257. The molecule has 3 N–H and O–H groups in total. The van der Waals surface area contributed by atoms with E-state index < -0.39 is 5.54 Å². The van der Waals surface area contributed by atoms with Gasteiger partial charge in [0, 0.05) is 12.6 Å². The van der Waals surface area contributed by atoms with Gasteiger partial charge in [0.2, 0.25) is 5.91 Å². The van der Waals surface area contributed by atoms with Gasteiger partial charge in [-0.15, -0.1) is 0 Å². The topological polar surface area (TPSA) is 73.6 Å². The third kappa shape index (κ3) is 8.97. The average molecular weight is 274 g/mol. The van der Waals surface area contributed by atoms with Crippen LogP contribution in [0.1, 0.15) is 47.5 Å². The molecule has 0 heterocycles. The number of carbonyl (C=O) groups is 1. The van der Waals surface area contributed by atoms with Crippen LogP contribution in [0.15, 0.2) is 0 Å². The van der Waals surface area contributed by atoms with Crippen LogP contribution in [0, 0.1) is 0 Å². The Labute approximate surface area is 117 Å². The zero-order valence-corrected chi connectivity index (χ0v) is 13.0. The van der Waals surface area contributed by atoms with E-state index in [1.807, 2.05) is 34.6 Å². The Kier molecular flexibility index (Phi) is 8.97. The SMILES string of the molecule is CC(C)NC(C)(CCCOCCOC(C)C)C(N)=O. The number of rotatable bonds is 11. The summed E-state index contributed by atoms with van der Waals surface area (Å²) in [5.41, 5.74) is 4.79. The highest BCUT2D eigenvalue weighted by molar-refractivity contribution is 5.84. The van der Waals surface area contributed by atoms with Gasteiger partial charge in [-0.2, -0.15) is 0 Å². The van der Waals surface area contributed by atoms with Crippen LogP contribution in [-0.4, -0.2) is 43.4 Å². The van der Waals surface area contributed by atoms with Crippen LogP contribution in [-0.2, 0) is 14.3 Å². The van der Waals surface area contributed by atoms with E-state index in [-0.39, 0.29) is 18.1 Å². The summed E-state index contributed by atoms with van der Waals surface area (Å²) in [5, 5.41) is 3.22. The number of ether oxygens (including phenoxy) is 2. The quantitative estimate of drug-likeness (QED) is 0.559. The van der Waals surface area contributed by atoms with E-state index in [1.165, 1.54) is 0 Å². The lowest BCUT2D eigenvalue weighted by Gasteiger charge is -2.29. The molecule has 0 aromatic carbocycles. The van der Waals surface area contributed by atoms with Gasteiger partial charge in [0.05, 0.1) is 24.9 Å². The van der Waals surface area contributed by atoms with Crippen LogP contribution < -0.4 is 11.1 Å². The second-order valence-corrected chi connectivity index (χ2v) is 5.63. The number of carbonyl (C=O) groups excluding carboxylic acids is 1. The van der Waals surface area contributed by atoms with Crippen molar-refractivity contribution >= 4 is 5.91 Å². The lowest BCUT2D eigenvalue weighted by atomic mass is 9.94. The average Bonchev–Trinajstić information content (AvgIpc) is 2.26. The number of hydrogen-bond donors (Lipinski definition) is 2. The third-order valence-electron chi connectivity index (χ3n) is 2.80. The van der Waals surface area contributed by atoms with Gasteiger partial charge < -0.3 is 20.5 Å². The van der Waals surface area contributed by atoms with Crippen molar-refractivity contribution in [3.63, 3.8) is 0 Å². The smallest absolute Gasteiger partial charge is 0.237 e. The normalized spacial score (nSPS) is 14.9. The summed E-state index contributed by atoms with van der Waals surface area (Å²) in [4.78, 5) is 11.5. The number of amides is 1. The van der Waals surface area contributed by atoms with Gasteiger partial charge in [-0.1, -0.05) is 0 Å². The number of primary amides is 1. The molecule has 0 fully saturated rings. The van der Waals surface area contributed by atoms with Gasteiger partial charge in [-0.3, -0.25) is 4.79 Å². The number of nitrogens with one attached hydrogen (secondary N) is 1. The van der Waals surface area contributed by atoms with Crippen LogP contribution in [0.5, 0.6) is 0 Å². The molecule has 0 aromatic rings. The standard InChI is InChI=1S/C14H30N2O3/c1-11(2)16-14(5,13(15)17)7-6-8-18-9-10-19-12(3)4/h11-12,16H,6-10H2,1-5H3,(H2,15,17). The highest BCUT2D eigenvalue weighted by atomic mass is 16.5. The Morgan fingerprint density at radius 2 is 1.84 bits per heavy atom. The molecule has 0 aliphatic rings. The van der Waals surface area contributed by atoms with E-state index in [9.17, 15) is 4.79 Å². The van der Waals surface area contributed by atoms with E-state index in [0.717, 1.165) is 6.42 Å². The molecule has 0 bridgehead atoms. The minimum absolute atomic E-state index is 0.220. The van der Waals surface area contributed by atoms with Gasteiger partial charge in [0.1, 0.15) is 0 Å². The van der Waals surface area contributed by atoms with Crippen molar-refractivity contribution in [1.29, 1.82) is 0 Å². The van der Waals surface area contributed by atoms with Crippen LogP contribution in [0.3, 0.4) is 0 Å². The maximum atomic E-state index is 11.5. The van der Waals surface area contributed by atoms with Gasteiger partial charge in [0.15, 0.2) is 0 Å². The molecule has 0 radical (unpaired) electrons. The summed E-state index contributed by atoms with van der Waals surface area (Å²) in [7, 11) is 0. The minimum Gasteiger partial charge on any atom is -0.379 e. The van der Waals surface area contributed by atoms with Crippen molar-refractivity contribution in [3.8, 4) is 0 Å². The molecule has 5 nitrogen and oxygen atoms in total. The first-order valence-electron chi connectivity index (χ1n) is 7.05.